The Bertz CT molecular complexity index is 581. The second kappa shape index (κ2) is 4.46. The van der Waals surface area contributed by atoms with Crippen molar-refractivity contribution in [2.24, 2.45) is 0 Å². The molecule has 0 aromatic carbocycles. The Labute approximate surface area is 108 Å². The van der Waals surface area contributed by atoms with Crippen LogP contribution < -0.4 is 0 Å². The Morgan fingerprint density at radius 2 is 2.22 bits per heavy atom. The third-order valence-corrected chi connectivity index (χ3v) is 3.73. The van der Waals surface area contributed by atoms with Crippen molar-refractivity contribution >= 4 is 18.1 Å². The summed E-state index contributed by atoms with van der Waals surface area (Å²) in [7, 11) is 2.08. The van der Waals surface area contributed by atoms with Gasteiger partial charge in [0.1, 0.15) is 0 Å². The molecule has 0 aliphatic carbocycles. The molecule has 0 saturated carbocycles. The molecule has 0 N–H and O–H groups in total. The number of nitrogens with zero attached hydrogens (tertiary/aromatic N) is 3. The number of rotatable bonds is 2. The standard InChI is InChI=1S/C13H18BN3O/c1-4-10-5-6-12(18-10)17-13-11(7-14-17)8(2)15-9(3)16-13/h7,10,12H,4-6H2,1-3H3/t10?,12-/m1/s1. The van der Waals surface area contributed by atoms with Gasteiger partial charge in [0, 0.05) is 0 Å². The normalized spacial score (nSPS) is 23.7. The molecule has 3 rings (SSSR count). The molecule has 1 saturated heterocycles. The molecule has 2 atom stereocenters. The van der Waals surface area contributed by atoms with Crippen LogP contribution in [0.5, 0.6) is 0 Å². The zero-order valence-corrected chi connectivity index (χ0v) is 11.2. The van der Waals surface area contributed by atoms with E-state index in [2.05, 4.69) is 34.4 Å². The Kier molecular flexibility index (Phi) is 2.94. The van der Waals surface area contributed by atoms with Crippen LogP contribution in [0.25, 0.3) is 11.0 Å². The third-order valence-electron chi connectivity index (χ3n) is 3.73. The molecule has 0 radical (unpaired) electrons. The molecule has 2 aromatic heterocycles. The van der Waals surface area contributed by atoms with Gasteiger partial charge in [0.05, 0.1) is 0 Å². The van der Waals surface area contributed by atoms with Crippen LogP contribution in [0.4, 0.5) is 0 Å². The van der Waals surface area contributed by atoms with Crippen molar-refractivity contribution in [2.75, 3.05) is 0 Å². The molecule has 94 valence electrons. The van der Waals surface area contributed by atoms with Crippen LogP contribution in [-0.4, -0.2) is 27.6 Å². The summed E-state index contributed by atoms with van der Waals surface area (Å²) in [5, 5.41) is 1.13. The van der Waals surface area contributed by atoms with Crippen molar-refractivity contribution in [2.45, 2.75) is 52.4 Å². The van der Waals surface area contributed by atoms with Gasteiger partial charge in [-0.3, -0.25) is 0 Å². The fraction of sp³-hybridized carbons (Fsp3) is 0.615. The Morgan fingerprint density at radius 3 is 2.94 bits per heavy atom. The van der Waals surface area contributed by atoms with Gasteiger partial charge in [0.15, 0.2) is 0 Å². The minimum atomic E-state index is 0.140. The molecular weight excluding hydrogens is 225 g/mol. The van der Waals surface area contributed by atoms with Gasteiger partial charge in [-0.2, -0.15) is 0 Å². The van der Waals surface area contributed by atoms with E-state index < -0.39 is 0 Å². The predicted molar refractivity (Wildman–Crippen MR) is 71.8 cm³/mol. The van der Waals surface area contributed by atoms with Crippen LogP contribution in [0.15, 0.2) is 5.96 Å². The van der Waals surface area contributed by atoms with E-state index in [9.17, 15) is 0 Å². The third kappa shape index (κ3) is 1.86. The number of aryl methyl sites for hydroxylation is 2. The van der Waals surface area contributed by atoms with E-state index in [0.29, 0.717) is 6.10 Å². The molecule has 0 bridgehead atoms. The number of hydrogen-bond donors (Lipinski definition) is 0. The number of aromatic nitrogens is 3. The second-order valence-electron chi connectivity index (χ2n) is 5.01. The Morgan fingerprint density at radius 1 is 1.39 bits per heavy atom. The van der Waals surface area contributed by atoms with Crippen LogP contribution in [0, 0.1) is 13.8 Å². The minimum absolute atomic E-state index is 0.140. The van der Waals surface area contributed by atoms with Gasteiger partial charge >= 0.3 is 107 Å². The van der Waals surface area contributed by atoms with Crippen LogP contribution in [0.2, 0.25) is 0 Å². The zero-order chi connectivity index (χ0) is 12.7. The summed E-state index contributed by atoms with van der Waals surface area (Å²) in [6.07, 6.45) is 3.84. The maximum atomic E-state index is 6.05. The first-order valence-corrected chi connectivity index (χ1v) is 6.66. The van der Waals surface area contributed by atoms with Crippen molar-refractivity contribution in [3.8, 4) is 0 Å². The fourth-order valence-electron chi connectivity index (χ4n) is 2.74. The second-order valence-corrected chi connectivity index (χ2v) is 5.01. The number of hydrogen-bond acceptors (Lipinski definition) is 3. The summed E-state index contributed by atoms with van der Waals surface area (Å²) in [5.41, 5.74) is 2.04. The van der Waals surface area contributed by atoms with Gasteiger partial charge in [-0.05, 0) is 0 Å². The van der Waals surface area contributed by atoms with Crippen LogP contribution >= 0.6 is 0 Å². The molecule has 2 aromatic rings. The van der Waals surface area contributed by atoms with E-state index in [0.717, 1.165) is 41.8 Å². The molecule has 0 spiro atoms. The first-order chi connectivity index (χ1) is 8.69. The number of ether oxygens (including phenoxy) is 1. The van der Waals surface area contributed by atoms with E-state index in [4.69, 9.17) is 4.74 Å². The number of fused-ring (bicyclic) bond motifs is 1. The van der Waals surface area contributed by atoms with Crippen molar-refractivity contribution < 1.29 is 4.74 Å². The molecular formula is C13H18BN3O. The molecule has 1 fully saturated rings. The quantitative estimate of drug-likeness (QED) is 0.813. The summed E-state index contributed by atoms with van der Waals surface area (Å²) in [6, 6.07) is 0. The predicted octanol–water partition coefficient (Wildman–Crippen LogP) is 2.47. The van der Waals surface area contributed by atoms with Crippen LogP contribution in [0.1, 0.15) is 43.9 Å². The molecule has 1 unspecified atom stereocenters. The zero-order valence-electron chi connectivity index (χ0n) is 11.2. The van der Waals surface area contributed by atoms with Gasteiger partial charge in [-0.25, -0.2) is 0 Å². The molecule has 4 nitrogen and oxygen atoms in total. The molecule has 0 amide bonds. The summed E-state index contributed by atoms with van der Waals surface area (Å²) >= 11 is 0. The monoisotopic (exact) mass is 243 g/mol. The first kappa shape index (κ1) is 11.8. The van der Waals surface area contributed by atoms with Crippen molar-refractivity contribution in [1.82, 2.24) is 14.4 Å². The van der Waals surface area contributed by atoms with Crippen molar-refractivity contribution in [3.05, 3.63) is 17.5 Å². The van der Waals surface area contributed by atoms with Crippen molar-refractivity contribution in [1.29, 1.82) is 0 Å². The Balaban J connectivity index is 2.03. The van der Waals surface area contributed by atoms with E-state index in [1.165, 1.54) is 0 Å². The molecule has 1 aliphatic heterocycles. The summed E-state index contributed by atoms with van der Waals surface area (Å²) in [6.45, 7) is 6.15. The average Bonchev–Trinajstić information content (AvgIpc) is 2.93. The van der Waals surface area contributed by atoms with Gasteiger partial charge in [0.2, 0.25) is 0 Å². The van der Waals surface area contributed by atoms with Crippen LogP contribution in [-0.2, 0) is 4.74 Å². The summed E-state index contributed by atoms with van der Waals surface area (Å²) in [5.74, 6) is 2.91. The topological polar surface area (TPSA) is 39.9 Å². The van der Waals surface area contributed by atoms with E-state index in [1.54, 1.807) is 0 Å². The average molecular weight is 243 g/mol. The maximum absolute atomic E-state index is 6.05. The first-order valence-electron chi connectivity index (χ1n) is 6.66. The van der Waals surface area contributed by atoms with E-state index in [1.807, 2.05) is 13.8 Å². The van der Waals surface area contributed by atoms with E-state index >= 15 is 0 Å². The van der Waals surface area contributed by atoms with Gasteiger partial charge < -0.3 is 0 Å². The van der Waals surface area contributed by atoms with E-state index in [-0.39, 0.29) is 6.23 Å². The summed E-state index contributed by atoms with van der Waals surface area (Å²) < 4.78 is 8.20. The summed E-state index contributed by atoms with van der Waals surface area (Å²) in [4.78, 5) is 8.97. The molecule has 3 heterocycles. The van der Waals surface area contributed by atoms with Crippen LogP contribution in [0.3, 0.4) is 0 Å². The van der Waals surface area contributed by atoms with Gasteiger partial charge in [0.25, 0.3) is 0 Å². The molecule has 5 heteroatoms. The fourth-order valence-corrected chi connectivity index (χ4v) is 2.74. The van der Waals surface area contributed by atoms with Gasteiger partial charge in [-0.15, -0.1) is 0 Å². The van der Waals surface area contributed by atoms with Crippen molar-refractivity contribution in [3.63, 3.8) is 0 Å². The molecule has 18 heavy (non-hydrogen) atoms. The Hall–Kier alpha value is -1.23. The molecule has 1 aliphatic rings. The van der Waals surface area contributed by atoms with Gasteiger partial charge in [-0.1, -0.05) is 0 Å². The SMILES string of the molecule is CCC1CC[C@H](n2bcc3c(C)nc(C)nc32)O1.